The lowest BCUT2D eigenvalue weighted by Crippen LogP contribution is -2.69. The zero-order valence-corrected chi connectivity index (χ0v) is 26.5. The van der Waals surface area contributed by atoms with Crippen LogP contribution >= 0.6 is 0 Å². The van der Waals surface area contributed by atoms with Crippen LogP contribution in [0, 0.1) is 11.8 Å². The van der Waals surface area contributed by atoms with Crippen molar-refractivity contribution in [3.8, 4) is 11.5 Å². The van der Waals surface area contributed by atoms with Crippen LogP contribution in [-0.4, -0.2) is 78.1 Å². The average molecular weight is 639 g/mol. The molecule has 7 nitrogen and oxygen atoms in total. The Bertz CT molecular complexity index is 1570. The molecule has 1 spiro atoms. The van der Waals surface area contributed by atoms with Gasteiger partial charge in [0.1, 0.15) is 12.7 Å². The van der Waals surface area contributed by atoms with Crippen LogP contribution in [0.4, 0.5) is 13.2 Å². The van der Waals surface area contributed by atoms with Gasteiger partial charge in [-0.2, -0.15) is 13.2 Å². The lowest BCUT2D eigenvalue weighted by molar-refractivity contribution is -0.138. The summed E-state index contributed by atoms with van der Waals surface area (Å²) in [5, 5.41) is 11.5. The first-order valence-electron chi connectivity index (χ1n) is 16.0. The summed E-state index contributed by atoms with van der Waals surface area (Å²) in [7, 11) is 1.44. The van der Waals surface area contributed by atoms with E-state index in [1.807, 2.05) is 30.9 Å². The van der Waals surface area contributed by atoms with Gasteiger partial charge in [0, 0.05) is 43.3 Å². The summed E-state index contributed by atoms with van der Waals surface area (Å²) in [4.78, 5) is 31.3. The van der Waals surface area contributed by atoms with E-state index in [9.17, 15) is 27.9 Å². The van der Waals surface area contributed by atoms with E-state index in [2.05, 4.69) is 11.5 Å². The number of halogens is 3. The summed E-state index contributed by atoms with van der Waals surface area (Å²) in [6.07, 6.45) is 2.74. The Labute approximate surface area is 267 Å². The number of hydrogen-bond donors (Lipinski definition) is 1. The summed E-state index contributed by atoms with van der Waals surface area (Å²) >= 11 is 0. The first-order chi connectivity index (χ1) is 21.9. The highest BCUT2D eigenvalue weighted by Gasteiger charge is 2.66. The van der Waals surface area contributed by atoms with Crippen LogP contribution < -0.4 is 4.74 Å². The van der Waals surface area contributed by atoms with Gasteiger partial charge >= 0.3 is 6.18 Å². The molecule has 2 aromatic carbocycles. The van der Waals surface area contributed by atoms with Crippen molar-refractivity contribution in [2.24, 2.45) is 11.8 Å². The third kappa shape index (κ3) is 5.33. The number of phenolic OH excluding ortho intramolecular Hbond substituents is 1. The van der Waals surface area contributed by atoms with Crippen LogP contribution in [0.15, 0.2) is 49.1 Å². The van der Waals surface area contributed by atoms with E-state index in [1.54, 1.807) is 6.07 Å². The minimum Gasteiger partial charge on any atom is -0.504 e. The number of aromatic hydroxyl groups is 1. The molecule has 2 aliphatic carbocycles. The fourth-order valence-corrected chi connectivity index (χ4v) is 8.67. The highest BCUT2D eigenvalue weighted by Crippen LogP contribution is 2.64. The number of likely N-dealkylation sites (tertiary alicyclic amines) is 1. The second kappa shape index (κ2) is 12.2. The molecule has 6 rings (SSSR count). The maximum Gasteiger partial charge on any atom is 0.416 e. The molecule has 0 radical (unpaired) electrons. The van der Waals surface area contributed by atoms with E-state index in [1.165, 1.54) is 25.3 Å². The number of Topliss-reactive ketones (excluding diaryl/α,β-unsaturated/α-hetero) is 1. The number of carbonyl (C=O) groups excluding carboxylic acids is 2. The summed E-state index contributed by atoms with van der Waals surface area (Å²) in [5.41, 5.74) is 1.17. The van der Waals surface area contributed by atoms with Crippen LogP contribution in [-0.2, 0) is 27.5 Å². The van der Waals surface area contributed by atoms with Crippen molar-refractivity contribution in [2.75, 3.05) is 33.4 Å². The number of phenols is 1. The molecule has 1 saturated heterocycles. The average Bonchev–Trinajstić information content (AvgIpc) is 3.36. The van der Waals surface area contributed by atoms with E-state index in [4.69, 9.17) is 9.47 Å². The Hall–Kier alpha value is -3.63. The largest absolute Gasteiger partial charge is 0.504 e. The molecule has 2 heterocycles. The molecule has 5 atom stereocenters. The number of ketones is 1. The third-order valence-corrected chi connectivity index (χ3v) is 10.3. The Kier molecular flexibility index (Phi) is 8.56. The second-order valence-corrected chi connectivity index (χ2v) is 13.5. The van der Waals surface area contributed by atoms with Gasteiger partial charge in [-0.15, -0.1) is 6.58 Å². The van der Waals surface area contributed by atoms with E-state index in [0.717, 1.165) is 49.2 Å². The van der Waals surface area contributed by atoms with Crippen molar-refractivity contribution in [1.29, 1.82) is 0 Å². The quantitative estimate of drug-likeness (QED) is 0.195. The van der Waals surface area contributed by atoms with Crippen molar-refractivity contribution in [2.45, 2.75) is 69.3 Å². The van der Waals surface area contributed by atoms with E-state index >= 15 is 0 Å². The third-order valence-electron chi connectivity index (χ3n) is 10.3. The van der Waals surface area contributed by atoms with Crippen molar-refractivity contribution >= 4 is 17.8 Å². The maximum absolute atomic E-state index is 14.0. The maximum atomic E-state index is 14.0. The molecular weight excluding hydrogens is 597 g/mol. The number of amides is 1. The van der Waals surface area contributed by atoms with Gasteiger partial charge in [0.2, 0.25) is 5.91 Å². The molecular formula is C36H41F3N2O5. The monoisotopic (exact) mass is 638 g/mol. The minimum absolute atomic E-state index is 0.112. The second-order valence-electron chi connectivity index (χ2n) is 13.5. The van der Waals surface area contributed by atoms with E-state index in [0.29, 0.717) is 25.1 Å². The fourth-order valence-electron chi connectivity index (χ4n) is 8.67. The van der Waals surface area contributed by atoms with Gasteiger partial charge in [-0.1, -0.05) is 32.1 Å². The first kappa shape index (κ1) is 32.3. The first-order valence-corrected chi connectivity index (χ1v) is 16.0. The summed E-state index contributed by atoms with van der Waals surface area (Å²) in [5.74, 6) is -0.153. The summed E-state index contributed by atoms with van der Waals surface area (Å²) in [6.45, 7) is 9.81. The van der Waals surface area contributed by atoms with Crippen molar-refractivity contribution < 1.29 is 37.3 Å². The fraction of sp³-hybridized carbons (Fsp3) is 0.500. The number of methoxy groups -OCH3 is 1. The Morgan fingerprint density at radius 1 is 1.26 bits per heavy atom. The zero-order chi connectivity index (χ0) is 33.0. The van der Waals surface area contributed by atoms with Gasteiger partial charge in [-0.25, -0.2) is 0 Å². The molecule has 10 heteroatoms. The van der Waals surface area contributed by atoms with E-state index < -0.39 is 23.3 Å². The van der Waals surface area contributed by atoms with Gasteiger partial charge in [-0.3, -0.25) is 14.5 Å². The standard InChI is InChI=1S/C36H41F3N2O5/c1-5-14-40-15-13-35-26-10-11-27(41(19-21(2)3)30(43)12-9-22-7-6-8-24(16-22)36(37,38)39)34(35)46-33-31(35)23(18-28(26)40)17-25(32(33)44)29(42)20-45-4/h5-9,12,16-17,21,26-28,34,44H,1,10-11,13-15,18-20H2,2-4H3/t26-,27?,28+,34?,35-/m0/s1. The molecule has 2 aromatic rings. The SMILES string of the molecule is C=CCN1CC[C@]23c4c5cc(C(=O)COC)c(O)c4OC2C(N(CC(C)C)C(=O)C=Cc2cccc(C(F)(F)F)c2)CC[C@H]3[C@H]1C5. The van der Waals surface area contributed by atoms with Crippen molar-refractivity contribution in [1.82, 2.24) is 9.80 Å². The number of nitrogens with zero attached hydrogens (tertiary/aromatic N) is 2. The highest BCUT2D eigenvalue weighted by atomic mass is 19.4. The molecule has 46 heavy (non-hydrogen) atoms. The molecule has 1 amide bonds. The molecule has 2 bridgehead atoms. The molecule has 2 aliphatic heterocycles. The van der Waals surface area contributed by atoms with Crippen LogP contribution in [0.1, 0.15) is 65.7 Å². The van der Waals surface area contributed by atoms with Gasteiger partial charge in [0.15, 0.2) is 17.3 Å². The molecule has 246 valence electrons. The summed E-state index contributed by atoms with van der Waals surface area (Å²) in [6, 6.07) is 6.55. The number of ether oxygens (including phenoxy) is 2. The molecule has 1 saturated carbocycles. The number of benzene rings is 2. The summed E-state index contributed by atoms with van der Waals surface area (Å²) < 4.78 is 51.9. The molecule has 2 fully saturated rings. The zero-order valence-electron chi connectivity index (χ0n) is 26.5. The van der Waals surface area contributed by atoms with E-state index in [-0.39, 0.29) is 59.1 Å². The van der Waals surface area contributed by atoms with Gasteiger partial charge in [-0.05, 0) is 79.5 Å². The van der Waals surface area contributed by atoms with Gasteiger partial charge < -0.3 is 19.5 Å². The predicted molar refractivity (Wildman–Crippen MR) is 168 cm³/mol. The molecule has 1 N–H and O–H groups in total. The van der Waals surface area contributed by atoms with Crippen LogP contribution in [0.2, 0.25) is 0 Å². The van der Waals surface area contributed by atoms with Crippen LogP contribution in [0.25, 0.3) is 6.08 Å². The molecule has 2 unspecified atom stereocenters. The Morgan fingerprint density at radius 2 is 2.04 bits per heavy atom. The normalized spacial score (nSPS) is 26.6. The highest BCUT2D eigenvalue weighted by molar-refractivity contribution is 6.01. The van der Waals surface area contributed by atoms with Crippen LogP contribution in [0.5, 0.6) is 11.5 Å². The molecule has 0 aromatic heterocycles. The number of alkyl halides is 3. The molecule has 4 aliphatic rings. The topological polar surface area (TPSA) is 79.3 Å². The van der Waals surface area contributed by atoms with Gasteiger partial charge in [0.05, 0.1) is 17.2 Å². The number of rotatable bonds is 10. The Morgan fingerprint density at radius 3 is 2.74 bits per heavy atom. The van der Waals surface area contributed by atoms with Crippen molar-refractivity contribution in [3.63, 3.8) is 0 Å². The number of hydrogen-bond acceptors (Lipinski definition) is 6. The minimum atomic E-state index is -4.48. The lowest BCUT2D eigenvalue weighted by atomic mass is 9.50. The predicted octanol–water partition coefficient (Wildman–Crippen LogP) is 6.03. The van der Waals surface area contributed by atoms with Crippen LogP contribution in [0.3, 0.4) is 0 Å². The van der Waals surface area contributed by atoms with Gasteiger partial charge in [0.25, 0.3) is 0 Å². The Balaban J connectivity index is 1.41. The number of piperidine rings is 1. The smallest absolute Gasteiger partial charge is 0.416 e. The number of carbonyl (C=O) groups is 2. The van der Waals surface area contributed by atoms with Crippen molar-refractivity contribution in [3.05, 3.63) is 76.9 Å². The lowest BCUT2D eigenvalue weighted by Gasteiger charge is -2.60.